The second-order valence-electron chi connectivity index (χ2n) is 2.35. The summed E-state index contributed by atoms with van der Waals surface area (Å²) in [6, 6.07) is 0.586. The molecule has 0 saturated heterocycles. The van der Waals surface area contributed by atoms with Crippen LogP contribution in [0.5, 0.6) is 5.75 Å². The van der Waals surface area contributed by atoms with Gasteiger partial charge in [0.25, 0.3) is 0 Å². The average Bonchev–Trinajstić information content (AvgIpc) is 2.01. The lowest BCUT2D eigenvalue weighted by molar-refractivity contribution is -0.274. The zero-order valence-corrected chi connectivity index (χ0v) is 6.81. The quantitative estimate of drug-likeness (QED) is 0.754. The van der Waals surface area contributed by atoms with Crippen molar-refractivity contribution < 1.29 is 22.3 Å². The topological polar surface area (TPSA) is 48.1 Å². The molecule has 0 aromatic carbocycles. The average molecular weight is 210 g/mol. The number of hydrogen-bond donors (Lipinski definition) is 1. The molecule has 0 fully saturated rings. The van der Waals surface area contributed by atoms with E-state index in [4.69, 9.17) is 5.73 Å². The molecule has 0 spiro atoms. The maximum atomic E-state index is 12.8. The third-order valence-corrected chi connectivity index (χ3v) is 1.32. The lowest BCUT2D eigenvalue weighted by Crippen LogP contribution is -2.17. The first kappa shape index (κ1) is 10.7. The predicted molar refractivity (Wildman–Crippen MR) is 38.8 cm³/mol. The zero-order valence-electron chi connectivity index (χ0n) is 6.81. The number of alkyl halides is 3. The van der Waals surface area contributed by atoms with E-state index in [-0.39, 0.29) is 12.2 Å². The maximum Gasteiger partial charge on any atom is 0.573 e. The van der Waals surface area contributed by atoms with Crippen molar-refractivity contribution >= 4 is 0 Å². The van der Waals surface area contributed by atoms with E-state index in [1.54, 1.807) is 0 Å². The fourth-order valence-electron chi connectivity index (χ4n) is 0.788. The van der Waals surface area contributed by atoms with E-state index in [2.05, 4.69) is 9.72 Å². The molecule has 3 nitrogen and oxygen atoms in total. The first-order chi connectivity index (χ1) is 6.42. The van der Waals surface area contributed by atoms with Crippen LogP contribution in [0, 0.1) is 5.82 Å². The molecule has 14 heavy (non-hydrogen) atoms. The Morgan fingerprint density at radius 2 is 2.07 bits per heavy atom. The molecule has 78 valence electrons. The molecule has 0 saturated carbocycles. The van der Waals surface area contributed by atoms with Gasteiger partial charge in [-0.25, -0.2) is 4.39 Å². The minimum Gasteiger partial charge on any atom is -0.404 e. The molecule has 1 aromatic heterocycles. The van der Waals surface area contributed by atoms with E-state index < -0.39 is 17.9 Å². The van der Waals surface area contributed by atoms with Gasteiger partial charge in [0.15, 0.2) is 5.75 Å². The highest BCUT2D eigenvalue weighted by atomic mass is 19.4. The Hall–Kier alpha value is -1.37. The molecule has 7 heteroatoms. The van der Waals surface area contributed by atoms with E-state index >= 15 is 0 Å². The summed E-state index contributed by atoms with van der Waals surface area (Å²) in [6.07, 6.45) is -4.09. The molecule has 1 rings (SSSR count). The largest absolute Gasteiger partial charge is 0.573 e. The van der Waals surface area contributed by atoms with Crippen molar-refractivity contribution in [3.05, 3.63) is 23.8 Å². The van der Waals surface area contributed by atoms with Crippen LogP contribution in [0.1, 0.15) is 5.69 Å². The van der Waals surface area contributed by atoms with Gasteiger partial charge in [-0.3, -0.25) is 4.98 Å². The molecule has 1 heterocycles. The number of nitrogens with two attached hydrogens (primary N) is 1. The molecular weight excluding hydrogens is 204 g/mol. The fourth-order valence-corrected chi connectivity index (χ4v) is 0.788. The number of halogens is 4. The number of pyridine rings is 1. The van der Waals surface area contributed by atoms with E-state index in [0.717, 1.165) is 6.20 Å². The zero-order chi connectivity index (χ0) is 10.8. The Morgan fingerprint density at radius 1 is 1.43 bits per heavy atom. The smallest absolute Gasteiger partial charge is 0.404 e. The summed E-state index contributed by atoms with van der Waals surface area (Å²) in [5, 5.41) is 0. The Bertz CT molecular complexity index is 326. The summed E-state index contributed by atoms with van der Waals surface area (Å²) in [5.41, 5.74) is 4.95. The van der Waals surface area contributed by atoms with E-state index in [9.17, 15) is 17.6 Å². The molecule has 1 aromatic rings. The Labute approximate surface area is 76.5 Å². The minimum atomic E-state index is -4.85. The van der Waals surface area contributed by atoms with Gasteiger partial charge in [0.2, 0.25) is 0 Å². The van der Waals surface area contributed by atoms with Crippen LogP contribution in [-0.2, 0) is 6.54 Å². The third-order valence-electron chi connectivity index (χ3n) is 1.32. The standard InChI is InChI=1S/C7H6F4N2O/c8-5-1-4(14-7(9,10)11)3-13-6(5)2-12/h1,3H,2,12H2. The summed E-state index contributed by atoms with van der Waals surface area (Å²) in [5.74, 6) is -1.62. The van der Waals surface area contributed by atoms with E-state index in [0.29, 0.717) is 6.07 Å². The van der Waals surface area contributed by atoms with Crippen molar-refractivity contribution in [2.75, 3.05) is 0 Å². The van der Waals surface area contributed by atoms with Crippen LogP contribution in [0.25, 0.3) is 0 Å². The lowest BCUT2D eigenvalue weighted by Gasteiger charge is -2.08. The lowest BCUT2D eigenvalue weighted by atomic mass is 10.3. The predicted octanol–water partition coefficient (Wildman–Crippen LogP) is 1.58. The van der Waals surface area contributed by atoms with Gasteiger partial charge in [-0.1, -0.05) is 0 Å². The Morgan fingerprint density at radius 3 is 2.50 bits per heavy atom. The molecule has 0 bridgehead atoms. The summed E-state index contributed by atoms with van der Waals surface area (Å²) in [6.45, 7) is -0.182. The van der Waals surface area contributed by atoms with Gasteiger partial charge in [-0.15, -0.1) is 13.2 Å². The van der Waals surface area contributed by atoms with Crippen molar-refractivity contribution in [3.63, 3.8) is 0 Å². The summed E-state index contributed by atoms with van der Waals surface area (Å²) in [4.78, 5) is 3.36. The second kappa shape index (κ2) is 3.79. The molecule has 0 radical (unpaired) electrons. The summed E-state index contributed by atoms with van der Waals surface area (Å²) >= 11 is 0. The fraction of sp³-hybridized carbons (Fsp3) is 0.286. The molecular formula is C7H6F4N2O. The van der Waals surface area contributed by atoms with Gasteiger partial charge in [0, 0.05) is 12.6 Å². The van der Waals surface area contributed by atoms with Gasteiger partial charge in [0.1, 0.15) is 5.82 Å². The van der Waals surface area contributed by atoms with Gasteiger partial charge in [-0.05, 0) is 0 Å². The van der Waals surface area contributed by atoms with Crippen molar-refractivity contribution in [2.24, 2.45) is 5.73 Å². The van der Waals surface area contributed by atoms with Gasteiger partial charge >= 0.3 is 6.36 Å². The monoisotopic (exact) mass is 210 g/mol. The SMILES string of the molecule is NCc1ncc(OC(F)(F)F)cc1F. The van der Waals surface area contributed by atoms with Crippen molar-refractivity contribution in [2.45, 2.75) is 12.9 Å². The van der Waals surface area contributed by atoms with Crippen LogP contribution < -0.4 is 10.5 Å². The molecule has 0 aliphatic carbocycles. The van der Waals surface area contributed by atoms with Crippen LogP contribution >= 0.6 is 0 Å². The van der Waals surface area contributed by atoms with Crippen LogP contribution in [0.15, 0.2) is 12.3 Å². The highest BCUT2D eigenvalue weighted by Gasteiger charge is 2.31. The summed E-state index contributed by atoms with van der Waals surface area (Å²) in [7, 11) is 0. The number of rotatable bonds is 2. The maximum absolute atomic E-state index is 12.8. The number of hydrogen-bond acceptors (Lipinski definition) is 3. The molecule has 0 aliphatic rings. The summed E-state index contributed by atoms with van der Waals surface area (Å²) < 4.78 is 51.2. The van der Waals surface area contributed by atoms with Crippen molar-refractivity contribution in [1.29, 1.82) is 0 Å². The van der Waals surface area contributed by atoms with Gasteiger partial charge in [-0.2, -0.15) is 0 Å². The number of ether oxygens (including phenoxy) is 1. The van der Waals surface area contributed by atoms with E-state index in [1.165, 1.54) is 0 Å². The second-order valence-corrected chi connectivity index (χ2v) is 2.35. The molecule has 2 N–H and O–H groups in total. The Kier molecular flexibility index (Phi) is 2.90. The number of aromatic nitrogens is 1. The van der Waals surface area contributed by atoms with E-state index in [1.807, 2.05) is 0 Å². The van der Waals surface area contributed by atoms with Gasteiger partial charge in [0.05, 0.1) is 11.9 Å². The minimum absolute atomic E-state index is 0.112. The molecule has 0 aliphatic heterocycles. The first-order valence-corrected chi connectivity index (χ1v) is 3.52. The third kappa shape index (κ3) is 2.84. The van der Waals surface area contributed by atoms with Crippen LogP contribution in [0.2, 0.25) is 0 Å². The van der Waals surface area contributed by atoms with Crippen LogP contribution in [-0.4, -0.2) is 11.3 Å². The molecule has 0 amide bonds. The molecule has 0 atom stereocenters. The van der Waals surface area contributed by atoms with Crippen molar-refractivity contribution in [1.82, 2.24) is 4.98 Å². The molecule has 0 unspecified atom stereocenters. The van der Waals surface area contributed by atoms with Crippen molar-refractivity contribution in [3.8, 4) is 5.75 Å². The normalized spacial score (nSPS) is 11.5. The Balaban J connectivity index is 2.87. The highest BCUT2D eigenvalue weighted by molar-refractivity contribution is 5.21. The highest BCUT2D eigenvalue weighted by Crippen LogP contribution is 2.22. The van der Waals surface area contributed by atoms with Crippen LogP contribution in [0.3, 0.4) is 0 Å². The first-order valence-electron chi connectivity index (χ1n) is 3.52. The number of nitrogens with zero attached hydrogens (tertiary/aromatic N) is 1. The van der Waals surface area contributed by atoms with Crippen LogP contribution in [0.4, 0.5) is 17.6 Å². The van der Waals surface area contributed by atoms with Gasteiger partial charge < -0.3 is 10.5 Å².